The van der Waals surface area contributed by atoms with Gasteiger partial charge in [-0.3, -0.25) is 14.9 Å². The van der Waals surface area contributed by atoms with E-state index >= 15 is 0 Å². The van der Waals surface area contributed by atoms with Crippen molar-refractivity contribution in [3.05, 3.63) is 69.9 Å². The molecule has 0 bridgehead atoms. The zero-order chi connectivity index (χ0) is 15.0. The Kier molecular flexibility index (Phi) is 2.98. The summed E-state index contributed by atoms with van der Waals surface area (Å²) in [6.07, 6.45) is 1.66. The number of fused-ring (bicyclic) bond motifs is 1. The maximum Gasteiger partial charge on any atom is 0.278 e. The van der Waals surface area contributed by atoms with E-state index in [-0.39, 0.29) is 11.6 Å². The van der Waals surface area contributed by atoms with E-state index in [0.717, 1.165) is 16.5 Å². The summed E-state index contributed by atoms with van der Waals surface area (Å²) >= 11 is 0. The smallest absolute Gasteiger partial charge is 0.267 e. The molecule has 0 N–H and O–H groups in total. The van der Waals surface area contributed by atoms with Gasteiger partial charge in [0.25, 0.3) is 11.6 Å². The Bertz CT molecular complexity index is 850. The number of rotatable bonds is 2. The number of hydrogen-bond acceptors (Lipinski definition) is 4. The summed E-state index contributed by atoms with van der Waals surface area (Å²) in [4.78, 5) is 22.4. The minimum absolute atomic E-state index is 0.0481. The third-order valence-corrected chi connectivity index (χ3v) is 3.27. The summed E-state index contributed by atoms with van der Waals surface area (Å²) in [6, 6.07) is 11.2. The SMILES string of the molecule is Cc1cccc2cn(C(=O)c3ccc([N+](=O)[O-])cc3)nc12. The van der Waals surface area contributed by atoms with Gasteiger partial charge >= 0.3 is 0 Å². The second kappa shape index (κ2) is 4.82. The van der Waals surface area contributed by atoms with Crippen LogP contribution in [-0.2, 0) is 0 Å². The number of carbonyl (C=O) groups excluding carboxylic acids is 1. The van der Waals surface area contributed by atoms with Crippen molar-refractivity contribution in [3.63, 3.8) is 0 Å². The normalized spacial score (nSPS) is 10.7. The molecule has 21 heavy (non-hydrogen) atoms. The first-order valence-electron chi connectivity index (χ1n) is 6.30. The lowest BCUT2D eigenvalue weighted by molar-refractivity contribution is -0.384. The molecule has 0 unspecified atom stereocenters. The minimum Gasteiger partial charge on any atom is -0.267 e. The van der Waals surface area contributed by atoms with Crippen LogP contribution in [0.1, 0.15) is 15.9 Å². The Morgan fingerprint density at radius 3 is 2.52 bits per heavy atom. The summed E-state index contributed by atoms with van der Waals surface area (Å²) in [6.45, 7) is 1.93. The largest absolute Gasteiger partial charge is 0.278 e. The highest BCUT2D eigenvalue weighted by Crippen LogP contribution is 2.18. The Labute approximate surface area is 119 Å². The molecule has 3 rings (SSSR count). The summed E-state index contributed by atoms with van der Waals surface area (Å²) < 4.78 is 1.26. The first-order chi connectivity index (χ1) is 10.1. The lowest BCUT2D eigenvalue weighted by atomic mass is 10.2. The monoisotopic (exact) mass is 281 g/mol. The number of aryl methyl sites for hydroxylation is 1. The molecular weight excluding hydrogens is 270 g/mol. The maximum atomic E-state index is 12.3. The molecule has 0 saturated carbocycles. The summed E-state index contributed by atoms with van der Waals surface area (Å²) in [5.41, 5.74) is 2.06. The number of non-ortho nitro benzene ring substituents is 1. The summed E-state index contributed by atoms with van der Waals surface area (Å²) in [5.74, 6) is -0.319. The highest BCUT2D eigenvalue weighted by Gasteiger charge is 2.13. The lowest BCUT2D eigenvalue weighted by Gasteiger charge is -1.99. The number of carbonyl (C=O) groups is 1. The lowest BCUT2D eigenvalue weighted by Crippen LogP contribution is -2.12. The molecule has 0 saturated heterocycles. The van der Waals surface area contributed by atoms with Gasteiger partial charge in [0, 0.05) is 29.3 Å². The molecule has 0 aliphatic rings. The van der Waals surface area contributed by atoms with Crippen LogP contribution in [0.25, 0.3) is 10.9 Å². The van der Waals surface area contributed by atoms with Crippen molar-refractivity contribution in [2.75, 3.05) is 0 Å². The van der Waals surface area contributed by atoms with Crippen molar-refractivity contribution < 1.29 is 9.72 Å². The number of benzene rings is 2. The first kappa shape index (κ1) is 13.0. The molecule has 0 aliphatic carbocycles. The molecule has 6 nitrogen and oxygen atoms in total. The average Bonchev–Trinajstić information content (AvgIpc) is 2.92. The van der Waals surface area contributed by atoms with Gasteiger partial charge in [0.1, 0.15) is 0 Å². The van der Waals surface area contributed by atoms with Gasteiger partial charge in [-0.25, -0.2) is 4.68 Å². The molecule has 0 radical (unpaired) electrons. The molecule has 0 atom stereocenters. The number of aromatic nitrogens is 2. The molecule has 1 aromatic heterocycles. The van der Waals surface area contributed by atoms with Crippen molar-refractivity contribution in [3.8, 4) is 0 Å². The predicted octanol–water partition coefficient (Wildman–Crippen LogP) is 2.94. The Morgan fingerprint density at radius 1 is 1.19 bits per heavy atom. The van der Waals surface area contributed by atoms with E-state index in [1.54, 1.807) is 6.20 Å². The van der Waals surface area contributed by atoms with E-state index in [4.69, 9.17) is 0 Å². The van der Waals surface area contributed by atoms with Crippen LogP contribution >= 0.6 is 0 Å². The van der Waals surface area contributed by atoms with Gasteiger partial charge in [-0.05, 0) is 24.6 Å². The molecule has 104 valence electrons. The number of hydrogen-bond donors (Lipinski definition) is 0. The minimum atomic E-state index is -0.500. The van der Waals surface area contributed by atoms with Crippen molar-refractivity contribution in [1.29, 1.82) is 0 Å². The van der Waals surface area contributed by atoms with E-state index in [1.165, 1.54) is 28.9 Å². The fourth-order valence-corrected chi connectivity index (χ4v) is 2.15. The van der Waals surface area contributed by atoms with Crippen LogP contribution < -0.4 is 0 Å². The highest BCUT2D eigenvalue weighted by molar-refractivity contribution is 5.97. The third kappa shape index (κ3) is 2.27. The standard InChI is InChI=1S/C15H11N3O3/c1-10-3-2-4-12-9-17(16-14(10)12)15(19)11-5-7-13(8-6-11)18(20)21/h2-9H,1H3. The summed E-state index contributed by atoms with van der Waals surface area (Å²) in [5, 5.41) is 15.8. The zero-order valence-corrected chi connectivity index (χ0v) is 11.2. The van der Waals surface area contributed by atoms with Crippen molar-refractivity contribution in [1.82, 2.24) is 9.78 Å². The van der Waals surface area contributed by atoms with E-state index in [0.29, 0.717) is 5.56 Å². The van der Waals surface area contributed by atoms with Gasteiger partial charge in [-0.15, -0.1) is 0 Å². The molecule has 0 fully saturated rings. The molecule has 2 aromatic carbocycles. The van der Waals surface area contributed by atoms with Crippen molar-refractivity contribution in [2.45, 2.75) is 6.92 Å². The second-order valence-corrected chi connectivity index (χ2v) is 4.70. The van der Waals surface area contributed by atoms with Crippen LogP contribution in [-0.4, -0.2) is 20.6 Å². The molecule has 0 spiro atoms. The summed E-state index contributed by atoms with van der Waals surface area (Å²) in [7, 11) is 0. The predicted molar refractivity (Wildman–Crippen MR) is 77.3 cm³/mol. The molecule has 0 amide bonds. The number of nitrogens with zero attached hydrogens (tertiary/aromatic N) is 3. The molecular formula is C15H11N3O3. The Morgan fingerprint density at radius 2 is 1.90 bits per heavy atom. The topological polar surface area (TPSA) is 78.0 Å². The second-order valence-electron chi connectivity index (χ2n) is 4.70. The van der Waals surface area contributed by atoms with Gasteiger partial charge in [0.2, 0.25) is 0 Å². The van der Waals surface area contributed by atoms with Gasteiger partial charge in [-0.2, -0.15) is 5.10 Å². The quantitative estimate of drug-likeness (QED) is 0.534. The van der Waals surface area contributed by atoms with E-state index in [2.05, 4.69) is 5.10 Å². The van der Waals surface area contributed by atoms with Crippen molar-refractivity contribution >= 4 is 22.5 Å². The fourth-order valence-electron chi connectivity index (χ4n) is 2.15. The van der Waals surface area contributed by atoms with Crippen LogP contribution in [0.5, 0.6) is 0 Å². The van der Waals surface area contributed by atoms with Gasteiger partial charge in [0.15, 0.2) is 0 Å². The third-order valence-electron chi connectivity index (χ3n) is 3.27. The molecule has 3 aromatic rings. The highest BCUT2D eigenvalue weighted by atomic mass is 16.6. The van der Waals surface area contributed by atoms with Gasteiger partial charge in [0.05, 0.1) is 10.4 Å². The van der Waals surface area contributed by atoms with Crippen LogP contribution in [0.4, 0.5) is 5.69 Å². The average molecular weight is 281 g/mol. The van der Waals surface area contributed by atoms with Gasteiger partial charge < -0.3 is 0 Å². The van der Waals surface area contributed by atoms with E-state index in [9.17, 15) is 14.9 Å². The number of nitro groups is 1. The Balaban J connectivity index is 2.00. The van der Waals surface area contributed by atoms with Crippen molar-refractivity contribution in [2.24, 2.45) is 0 Å². The van der Waals surface area contributed by atoms with Crippen LogP contribution in [0.2, 0.25) is 0 Å². The van der Waals surface area contributed by atoms with Gasteiger partial charge in [-0.1, -0.05) is 18.2 Å². The zero-order valence-electron chi connectivity index (χ0n) is 11.2. The van der Waals surface area contributed by atoms with Crippen LogP contribution in [0.3, 0.4) is 0 Å². The molecule has 0 aliphatic heterocycles. The molecule has 1 heterocycles. The van der Waals surface area contributed by atoms with Crippen LogP contribution in [0.15, 0.2) is 48.7 Å². The fraction of sp³-hybridized carbons (Fsp3) is 0.0667. The Hall–Kier alpha value is -3.02. The first-order valence-corrected chi connectivity index (χ1v) is 6.30. The maximum absolute atomic E-state index is 12.3. The van der Waals surface area contributed by atoms with E-state index < -0.39 is 4.92 Å². The molecule has 6 heteroatoms. The van der Waals surface area contributed by atoms with Crippen LogP contribution in [0, 0.1) is 17.0 Å². The van der Waals surface area contributed by atoms with E-state index in [1.807, 2.05) is 25.1 Å². The number of nitro benzene ring substituents is 1.